The van der Waals surface area contributed by atoms with Gasteiger partial charge in [0.05, 0.1) is 0 Å². The third kappa shape index (κ3) is 2.47. The number of primary amides is 1. The molecule has 0 atom stereocenters. The molecule has 0 fully saturated rings. The fourth-order valence-electron chi connectivity index (χ4n) is 1.13. The number of nitrogens with zero attached hydrogens (tertiary/aromatic N) is 1. The second-order valence-electron chi connectivity index (χ2n) is 2.68. The van der Waals surface area contributed by atoms with Gasteiger partial charge in [-0.25, -0.2) is 4.79 Å². The SMILES string of the molecule is [CH2]CCN(C(N)=O)c1ccccc1. The molecule has 1 aromatic carbocycles. The van der Waals surface area contributed by atoms with E-state index in [0.717, 1.165) is 5.69 Å². The van der Waals surface area contributed by atoms with E-state index in [0.29, 0.717) is 13.0 Å². The Morgan fingerprint density at radius 1 is 1.38 bits per heavy atom. The topological polar surface area (TPSA) is 46.3 Å². The summed E-state index contributed by atoms with van der Waals surface area (Å²) in [6.07, 6.45) is 0.651. The van der Waals surface area contributed by atoms with Gasteiger partial charge in [-0.05, 0) is 18.6 Å². The van der Waals surface area contributed by atoms with Crippen LogP contribution in [0.2, 0.25) is 0 Å². The summed E-state index contributed by atoms with van der Waals surface area (Å²) >= 11 is 0. The van der Waals surface area contributed by atoms with Crippen molar-refractivity contribution in [1.82, 2.24) is 0 Å². The second kappa shape index (κ2) is 4.50. The highest BCUT2D eigenvalue weighted by molar-refractivity contribution is 5.90. The lowest BCUT2D eigenvalue weighted by atomic mass is 10.3. The highest BCUT2D eigenvalue weighted by atomic mass is 16.2. The van der Waals surface area contributed by atoms with Gasteiger partial charge in [-0.3, -0.25) is 4.90 Å². The van der Waals surface area contributed by atoms with Crippen molar-refractivity contribution in [2.75, 3.05) is 11.4 Å². The maximum atomic E-state index is 11.0. The third-order valence-electron chi connectivity index (χ3n) is 1.72. The van der Waals surface area contributed by atoms with E-state index in [1.54, 1.807) is 0 Å². The van der Waals surface area contributed by atoms with Crippen LogP contribution in [0.15, 0.2) is 30.3 Å². The first-order valence-corrected chi connectivity index (χ1v) is 4.17. The number of para-hydroxylation sites is 1. The van der Waals surface area contributed by atoms with Crippen molar-refractivity contribution in [3.05, 3.63) is 37.3 Å². The van der Waals surface area contributed by atoms with Crippen LogP contribution in [0.4, 0.5) is 10.5 Å². The van der Waals surface area contributed by atoms with Gasteiger partial charge in [-0.15, -0.1) is 0 Å². The molecule has 3 nitrogen and oxygen atoms in total. The molecule has 0 spiro atoms. The van der Waals surface area contributed by atoms with Crippen LogP contribution in [0, 0.1) is 6.92 Å². The summed E-state index contributed by atoms with van der Waals surface area (Å²) in [5, 5.41) is 0. The molecule has 3 heteroatoms. The number of hydrogen-bond acceptors (Lipinski definition) is 1. The molecule has 69 valence electrons. The molecule has 0 saturated carbocycles. The molecule has 2 amide bonds. The fraction of sp³-hybridized carbons (Fsp3) is 0.200. The van der Waals surface area contributed by atoms with E-state index in [2.05, 4.69) is 6.92 Å². The Kier molecular flexibility index (Phi) is 3.31. The highest BCUT2D eigenvalue weighted by Gasteiger charge is 2.09. The average molecular weight is 177 g/mol. The first-order chi connectivity index (χ1) is 6.25. The number of nitrogens with two attached hydrogens (primary N) is 1. The molecule has 0 aliphatic rings. The minimum atomic E-state index is -0.435. The minimum absolute atomic E-state index is 0.435. The van der Waals surface area contributed by atoms with Crippen LogP contribution in [-0.2, 0) is 0 Å². The fourth-order valence-corrected chi connectivity index (χ4v) is 1.13. The van der Waals surface area contributed by atoms with Gasteiger partial charge in [-0.2, -0.15) is 0 Å². The summed E-state index contributed by atoms with van der Waals surface area (Å²) in [4.78, 5) is 12.5. The van der Waals surface area contributed by atoms with Gasteiger partial charge in [0.2, 0.25) is 0 Å². The maximum Gasteiger partial charge on any atom is 0.319 e. The predicted octanol–water partition coefficient (Wildman–Crippen LogP) is 1.80. The summed E-state index contributed by atoms with van der Waals surface area (Å²) in [7, 11) is 0. The molecule has 1 rings (SSSR count). The quantitative estimate of drug-likeness (QED) is 0.751. The Hall–Kier alpha value is -1.51. The van der Waals surface area contributed by atoms with Crippen molar-refractivity contribution < 1.29 is 4.79 Å². The molecule has 0 aliphatic heterocycles. The Bertz CT molecular complexity index is 272. The van der Waals surface area contributed by atoms with E-state index < -0.39 is 6.03 Å². The molecule has 0 unspecified atom stereocenters. The van der Waals surface area contributed by atoms with Gasteiger partial charge in [0.1, 0.15) is 0 Å². The van der Waals surface area contributed by atoms with Crippen molar-refractivity contribution in [3.63, 3.8) is 0 Å². The number of hydrogen-bond donors (Lipinski definition) is 1. The molecule has 0 saturated heterocycles. The van der Waals surface area contributed by atoms with Crippen LogP contribution < -0.4 is 10.6 Å². The van der Waals surface area contributed by atoms with Crippen LogP contribution in [0.25, 0.3) is 0 Å². The number of anilines is 1. The summed E-state index contributed by atoms with van der Waals surface area (Å²) in [6, 6.07) is 8.89. The number of carbonyl (C=O) groups is 1. The molecule has 2 N–H and O–H groups in total. The van der Waals surface area contributed by atoms with Crippen molar-refractivity contribution in [1.29, 1.82) is 0 Å². The van der Waals surface area contributed by atoms with Crippen LogP contribution in [-0.4, -0.2) is 12.6 Å². The highest BCUT2D eigenvalue weighted by Crippen LogP contribution is 2.12. The van der Waals surface area contributed by atoms with Crippen LogP contribution in [0.5, 0.6) is 0 Å². The standard InChI is InChI=1S/C10H13N2O/c1-2-8-12(10(11)13)9-6-4-3-5-7-9/h3-7H,1-2,8H2,(H2,11,13). The zero-order valence-electron chi connectivity index (χ0n) is 7.44. The predicted molar refractivity (Wildman–Crippen MR) is 53.3 cm³/mol. The van der Waals surface area contributed by atoms with Crippen LogP contribution >= 0.6 is 0 Å². The zero-order chi connectivity index (χ0) is 9.68. The summed E-state index contributed by atoms with van der Waals surface area (Å²) < 4.78 is 0. The number of urea groups is 1. The number of benzene rings is 1. The van der Waals surface area contributed by atoms with Crippen molar-refractivity contribution in [2.45, 2.75) is 6.42 Å². The van der Waals surface area contributed by atoms with E-state index in [4.69, 9.17) is 5.73 Å². The van der Waals surface area contributed by atoms with Crippen LogP contribution in [0.1, 0.15) is 6.42 Å². The third-order valence-corrected chi connectivity index (χ3v) is 1.72. The summed E-state index contributed by atoms with van der Waals surface area (Å²) in [6.45, 7) is 4.24. The Balaban J connectivity index is 2.82. The first kappa shape index (κ1) is 9.58. The molecule has 13 heavy (non-hydrogen) atoms. The second-order valence-corrected chi connectivity index (χ2v) is 2.68. The Morgan fingerprint density at radius 2 is 2.00 bits per heavy atom. The molecule has 0 aliphatic carbocycles. The van der Waals surface area contributed by atoms with E-state index in [9.17, 15) is 4.79 Å². The lowest BCUT2D eigenvalue weighted by molar-refractivity contribution is 0.254. The number of amides is 2. The smallest absolute Gasteiger partial charge is 0.319 e. The zero-order valence-corrected chi connectivity index (χ0v) is 7.44. The van der Waals surface area contributed by atoms with E-state index in [1.807, 2.05) is 30.3 Å². The summed E-state index contributed by atoms with van der Waals surface area (Å²) in [5.74, 6) is 0. The minimum Gasteiger partial charge on any atom is -0.351 e. The monoisotopic (exact) mass is 177 g/mol. The lowest BCUT2D eigenvalue weighted by Crippen LogP contribution is -2.36. The average Bonchev–Trinajstić information content (AvgIpc) is 2.15. The van der Waals surface area contributed by atoms with E-state index in [1.165, 1.54) is 4.90 Å². The summed E-state index contributed by atoms with van der Waals surface area (Å²) in [5.41, 5.74) is 6.03. The largest absolute Gasteiger partial charge is 0.351 e. The van der Waals surface area contributed by atoms with E-state index >= 15 is 0 Å². The van der Waals surface area contributed by atoms with Gasteiger partial charge < -0.3 is 5.73 Å². The molecular formula is C10H13N2O. The van der Waals surface area contributed by atoms with Gasteiger partial charge in [0.15, 0.2) is 0 Å². The van der Waals surface area contributed by atoms with Gasteiger partial charge >= 0.3 is 6.03 Å². The van der Waals surface area contributed by atoms with Crippen molar-refractivity contribution >= 4 is 11.7 Å². The number of carbonyl (C=O) groups excluding carboxylic acids is 1. The van der Waals surface area contributed by atoms with Gasteiger partial charge in [0, 0.05) is 12.2 Å². The van der Waals surface area contributed by atoms with Crippen molar-refractivity contribution in [2.24, 2.45) is 5.73 Å². The number of rotatable bonds is 3. The molecule has 1 aromatic rings. The molecule has 0 aromatic heterocycles. The van der Waals surface area contributed by atoms with E-state index in [-0.39, 0.29) is 0 Å². The molecule has 1 radical (unpaired) electrons. The Labute approximate surface area is 78.2 Å². The van der Waals surface area contributed by atoms with Gasteiger partial charge in [-0.1, -0.05) is 25.1 Å². The molecular weight excluding hydrogens is 164 g/mol. The van der Waals surface area contributed by atoms with Gasteiger partial charge in [0.25, 0.3) is 0 Å². The molecule has 0 bridgehead atoms. The normalized spacial score (nSPS) is 9.62. The van der Waals surface area contributed by atoms with Crippen molar-refractivity contribution in [3.8, 4) is 0 Å². The maximum absolute atomic E-state index is 11.0. The Morgan fingerprint density at radius 3 is 2.46 bits per heavy atom. The molecule has 0 heterocycles. The van der Waals surface area contributed by atoms with Crippen LogP contribution in [0.3, 0.4) is 0 Å². The first-order valence-electron chi connectivity index (χ1n) is 4.17. The lowest BCUT2D eigenvalue weighted by Gasteiger charge is -2.19.